The van der Waals surface area contributed by atoms with Crippen LogP contribution in [-0.4, -0.2) is 51.5 Å². The Bertz CT molecular complexity index is 1860. The van der Waals surface area contributed by atoms with E-state index in [0.717, 1.165) is 32.9 Å². The zero-order chi connectivity index (χ0) is 29.8. The number of methoxy groups -OCH3 is 1. The summed E-state index contributed by atoms with van der Waals surface area (Å²) >= 11 is 0. The normalized spacial score (nSPS) is 12.3. The molecule has 2 aromatic heterocycles. The highest BCUT2D eigenvalue weighted by Crippen LogP contribution is 2.33. The fourth-order valence-electron chi connectivity index (χ4n) is 4.97. The van der Waals surface area contributed by atoms with Crippen molar-refractivity contribution in [3.8, 4) is 5.75 Å². The Kier molecular flexibility index (Phi) is 8.13. The Hall–Kier alpha value is -5.27. The number of nitrogens with zero attached hydrogens (tertiary/aromatic N) is 5. The largest absolute Gasteiger partial charge is 0.488 e. The second-order valence-electron chi connectivity index (χ2n) is 9.75. The summed E-state index contributed by atoms with van der Waals surface area (Å²) in [4.78, 5) is 39.3. The number of carbonyl (C=O) groups excluding carboxylic acids is 2. The molecule has 0 aliphatic heterocycles. The van der Waals surface area contributed by atoms with Gasteiger partial charge in [0.15, 0.2) is 11.4 Å². The van der Waals surface area contributed by atoms with Crippen LogP contribution >= 0.6 is 0 Å². The molecule has 1 unspecified atom stereocenters. The van der Waals surface area contributed by atoms with Gasteiger partial charge in [-0.2, -0.15) is 0 Å². The maximum atomic E-state index is 14.1. The van der Waals surface area contributed by atoms with E-state index in [0.29, 0.717) is 34.7 Å². The van der Waals surface area contributed by atoms with Gasteiger partial charge in [0, 0.05) is 53.6 Å². The van der Waals surface area contributed by atoms with Gasteiger partial charge in [-0.05, 0) is 80.3 Å². The predicted molar refractivity (Wildman–Crippen MR) is 159 cm³/mol. The quantitative estimate of drug-likeness (QED) is 0.0662. The van der Waals surface area contributed by atoms with E-state index in [1.807, 2.05) is 39.0 Å². The molecule has 0 spiro atoms. The number of imidazole rings is 1. The smallest absolute Gasteiger partial charge is 0.445 e. The minimum absolute atomic E-state index is 0.0436. The first-order valence-corrected chi connectivity index (χ1v) is 13.4. The molecule has 42 heavy (non-hydrogen) atoms. The Balaban J connectivity index is 1.59. The number of aromatic nitrogens is 3. The van der Waals surface area contributed by atoms with Crippen molar-refractivity contribution in [2.75, 3.05) is 13.7 Å². The average Bonchev–Trinajstić information content (AvgIpc) is 3.64. The lowest BCUT2D eigenvalue weighted by atomic mass is 9.96. The zero-order valence-corrected chi connectivity index (χ0v) is 23.7. The third-order valence-corrected chi connectivity index (χ3v) is 6.89. The van der Waals surface area contributed by atoms with Crippen LogP contribution in [0.4, 0.5) is 10.5 Å². The number of hydrogen-bond acceptors (Lipinski definition) is 7. The molecule has 0 radical (unpaired) electrons. The number of fused-ring (bicyclic) bond motifs is 3. The van der Waals surface area contributed by atoms with Crippen molar-refractivity contribution >= 4 is 45.1 Å². The molecule has 0 aliphatic carbocycles. The molecule has 10 heteroatoms. The number of benzene rings is 3. The van der Waals surface area contributed by atoms with Crippen molar-refractivity contribution < 1.29 is 23.9 Å². The molecule has 10 nitrogen and oxygen atoms in total. The second kappa shape index (κ2) is 12.1. The number of Topliss-reactive ketones (excluding diaryl/α,β-unsaturated/α-hetero) is 1. The molecular formula is C32H29N5O5. The van der Waals surface area contributed by atoms with Gasteiger partial charge in [0.2, 0.25) is 5.78 Å². The van der Waals surface area contributed by atoms with E-state index in [1.54, 1.807) is 43.5 Å². The lowest BCUT2D eigenvalue weighted by Gasteiger charge is -2.16. The van der Waals surface area contributed by atoms with E-state index >= 15 is 0 Å². The van der Waals surface area contributed by atoms with Crippen molar-refractivity contribution in [2.24, 2.45) is 5.16 Å². The van der Waals surface area contributed by atoms with Crippen molar-refractivity contribution in [1.82, 2.24) is 14.1 Å². The van der Waals surface area contributed by atoms with Crippen LogP contribution < -0.4 is 4.74 Å². The van der Waals surface area contributed by atoms with Crippen molar-refractivity contribution in [3.63, 3.8) is 0 Å². The van der Waals surface area contributed by atoms with E-state index in [4.69, 9.17) is 20.9 Å². The molecule has 3 aromatic carbocycles. The van der Waals surface area contributed by atoms with Crippen LogP contribution in [-0.2, 0) is 16.1 Å². The molecule has 1 atom stereocenters. The molecule has 0 saturated carbocycles. The molecule has 2 heterocycles. The Morgan fingerprint density at radius 1 is 1.07 bits per heavy atom. The lowest BCUT2D eigenvalue weighted by molar-refractivity contribution is 0.0920. The highest BCUT2D eigenvalue weighted by molar-refractivity contribution is 6.51. The summed E-state index contributed by atoms with van der Waals surface area (Å²) in [7, 11) is 1.61. The molecule has 0 fully saturated rings. The van der Waals surface area contributed by atoms with E-state index in [1.165, 1.54) is 18.7 Å². The number of carbonyl (C=O) groups is 2. The van der Waals surface area contributed by atoms with Crippen LogP contribution in [0.2, 0.25) is 0 Å². The topological polar surface area (TPSA) is 101 Å². The van der Waals surface area contributed by atoms with Crippen LogP contribution in [0.5, 0.6) is 5.75 Å². The van der Waals surface area contributed by atoms with Crippen molar-refractivity contribution in [3.05, 3.63) is 101 Å². The number of ether oxygens (including phenoxy) is 2. The number of aryl methyl sites for hydroxylation is 2. The summed E-state index contributed by atoms with van der Waals surface area (Å²) in [6, 6.07) is 16.2. The molecule has 0 aliphatic rings. The molecule has 0 N–H and O–H groups in total. The Morgan fingerprint density at radius 3 is 2.50 bits per heavy atom. The summed E-state index contributed by atoms with van der Waals surface area (Å²) in [5.74, 6) is 0.172. The first-order valence-electron chi connectivity index (χ1n) is 13.4. The van der Waals surface area contributed by atoms with Crippen LogP contribution in [0.1, 0.15) is 35.3 Å². The second-order valence-corrected chi connectivity index (χ2v) is 9.75. The molecule has 212 valence electrons. The monoisotopic (exact) mass is 563 g/mol. The van der Waals surface area contributed by atoms with Gasteiger partial charge in [0.1, 0.15) is 18.2 Å². The summed E-state index contributed by atoms with van der Waals surface area (Å²) < 4.78 is 14.3. The summed E-state index contributed by atoms with van der Waals surface area (Å²) in [5.41, 5.74) is 3.93. The van der Waals surface area contributed by atoms with Gasteiger partial charge < -0.3 is 14.0 Å². The minimum Gasteiger partial charge on any atom is -0.488 e. The maximum Gasteiger partial charge on any atom is 0.445 e. The standard InChI is InChI=1S/C32H29N5O5/c1-6-37-28-11-7-22(16-26(28)27-17-23(33-4)8-12-29(27)37)31(38)30(35-42-32(39)36-14-13-34-19-36)25-10-9-24(15-20(25)2)41-21(3)18-40-5/h7-17,19,21H,6,18H2,1-3,5H3/b35-30-. The molecule has 5 aromatic rings. The first kappa shape index (κ1) is 28.3. The molecular weight excluding hydrogens is 534 g/mol. The fraction of sp³-hybridized carbons (Fsp3) is 0.219. The highest BCUT2D eigenvalue weighted by atomic mass is 16.7. The van der Waals surface area contributed by atoms with E-state index in [2.05, 4.69) is 19.6 Å². The summed E-state index contributed by atoms with van der Waals surface area (Å²) in [5, 5.41) is 5.78. The summed E-state index contributed by atoms with van der Waals surface area (Å²) in [6.07, 6.45) is 3.16. The maximum absolute atomic E-state index is 14.1. The Morgan fingerprint density at radius 2 is 1.83 bits per heavy atom. The molecule has 5 rings (SSSR count). The highest BCUT2D eigenvalue weighted by Gasteiger charge is 2.23. The number of rotatable bonds is 9. The van der Waals surface area contributed by atoms with Crippen LogP contribution in [0.3, 0.4) is 0 Å². The van der Waals surface area contributed by atoms with Crippen LogP contribution in [0, 0.1) is 13.5 Å². The lowest BCUT2D eigenvalue weighted by Crippen LogP contribution is -2.20. The number of ketones is 1. The van der Waals surface area contributed by atoms with Gasteiger partial charge in [-0.25, -0.2) is 19.2 Å². The minimum atomic E-state index is -0.808. The van der Waals surface area contributed by atoms with Gasteiger partial charge in [-0.3, -0.25) is 9.63 Å². The van der Waals surface area contributed by atoms with Crippen LogP contribution in [0.25, 0.3) is 26.7 Å². The van der Waals surface area contributed by atoms with E-state index in [9.17, 15) is 9.59 Å². The van der Waals surface area contributed by atoms with Gasteiger partial charge >= 0.3 is 6.09 Å². The van der Waals surface area contributed by atoms with Gasteiger partial charge in [-0.1, -0.05) is 11.2 Å². The SMILES string of the molecule is [C-]#[N+]c1ccc2c(c1)c1cc(C(=O)/C(=N\OC(=O)n3ccnc3)c3ccc(OC(C)COC)cc3C)ccc1n2CC. The van der Waals surface area contributed by atoms with Crippen molar-refractivity contribution in [2.45, 2.75) is 33.4 Å². The average molecular weight is 564 g/mol. The van der Waals surface area contributed by atoms with Gasteiger partial charge in [-0.15, -0.1) is 0 Å². The van der Waals surface area contributed by atoms with Gasteiger partial charge in [0.25, 0.3) is 0 Å². The van der Waals surface area contributed by atoms with E-state index < -0.39 is 11.9 Å². The molecule has 0 amide bonds. The number of oxime groups is 1. The third kappa shape index (κ3) is 5.50. The summed E-state index contributed by atoms with van der Waals surface area (Å²) in [6.45, 7) is 14.4. The fourth-order valence-corrected chi connectivity index (χ4v) is 4.97. The predicted octanol–water partition coefficient (Wildman–Crippen LogP) is 6.56. The first-order chi connectivity index (χ1) is 20.3. The van der Waals surface area contributed by atoms with E-state index in [-0.39, 0.29) is 11.8 Å². The van der Waals surface area contributed by atoms with Gasteiger partial charge in [0.05, 0.1) is 13.2 Å². The van der Waals surface area contributed by atoms with Crippen LogP contribution in [0.15, 0.2) is 78.5 Å². The Labute approximate surface area is 242 Å². The molecule has 0 bridgehead atoms. The number of hydrogen-bond donors (Lipinski definition) is 0. The van der Waals surface area contributed by atoms with Crippen molar-refractivity contribution in [1.29, 1.82) is 0 Å². The zero-order valence-electron chi connectivity index (χ0n) is 23.7. The molecule has 0 saturated heterocycles. The third-order valence-electron chi connectivity index (χ3n) is 6.89.